The van der Waals surface area contributed by atoms with Crippen LogP contribution in [0.25, 0.3) is 0 Å². The minimum Gasteiger partial charge on any atom is -0.338 e. The molecule has 1 aliphatic heterocycles. The van der Waals surface area contributed by atoms with Gasteiger partial charge in [0.15, 0.2) is 5.82 Å². The molecule has 1 N–H and O–H groups in total. The Morgan fingerprint density at radius 1 is 1.42 bits per heavy atom. The average Bonchev–Trinajstić information content (AvgIpc) is 2.41. The Balaban J connectivity index is 0.00000180. The van der Waals surface area contributed by atoms with Gasteiger partial charge in [-0.25, -0.2) is 4.39 Å². The molecule has 0 unspecified atom stereocenters. The molecule has 1 aromatic rings. The Labute approximate surface area is 123 Å². The first-order chi connectivity index (χ1) is 8.63. The van der Waals surface area contributed by atoms with Crippen molar-refractivity contribution < 1.29 is 9.18 Å². The molecule has 1 aromatic carbocycles. The zero-order valence-corrected chi connectivity index (χ0v) is 12.2. The molecule has 1 amide bonds. The maximum absolute atomic E-state index is 13.8. The summed E-state index contributed by atoms with van der Waals surface area (Å²) in [5.41, 5.74) is 0.0606. The van der Waals surface area contributed by atoms with Gasteiger partial charge in [0.05, 0.1) is 10.6 Å². The highest BCUT2D eigenvalue weighted by Gasteiger charge is 2.25. The molecule has 19 heavy (non-hydrogen) atoms. The van der Waals surface area contributed by atoms with Crippen molar-refractivity contribution in [2.24, 2.45) is 0 Å². The Hall–Kier alpha value is -0.840. The zero-order chi connectivity index (χ0) is 13.1. The molecule has 1 saturated heterocycles. The summed E-state index contributed by atoms with van der Waals surface area (Å²) in [5.74, 6) is -0.899. The summed E-state index contributed by atoms with van der Waals surface area (Å²) in [4.78, 5) is 13.9. The lowest BCUT2D eigenvalue weighted by Gasteiger charge is -2.32. The van der Waals surface area contributed by atoms with E-state index in [1.807, 2.05) is 7.05 Å². The van der Waals surface area contributed by atoms with Gasteiger partial charge >= 0.3 is 0 Å². The van der Waals surface area contributed by atoms with Crippen molar-refractivity contribution in [1.82, 2.24) is 10.2 Å². The number of halogens is 3. The molecule has 0 aliphatic carbocycles. The summed E-state index contributed by atoms with van der Waals surface area (Å²) in [6.45, 7) is 1.30. The minimum absolute atomic E-state index is 0. The quantitative estimate of drug-likeness (QED) is 0.911. The number of likely N-dealkylation sites (tertiary alicyclic amines) is 1. The van der Waals surface area contributed by atoms with Crippen molar-refractivity contribution in [2.45, 2.75) is 18.9 Å². The predicted molar refractivity (Wildman–Crippen MR) is 76.6 cm³/mol. The molecule has 1 aliphatic rings. The monoisotopic (exact) mass is 306 g/mol. The van der Waals surface area contributed by atoms with Gasteiger partial charge in [0.2, 0.25) is 0 Å². The van der Waals surface area contributed by atoms with Crippen LogP contribution in [0.4, 0.5) is 4.39 Å². The normalized spacial score (nSPS) is 16.1. The van der Waals surface area contributed by atoms with E-state index in [1.54, 1.807) is 11.0 Å². The second-order valence-electron chi connectivity index (χ2n) is 4.46. The average molecular weight is 307 g/mol. The van der Waals surface area contributed by atoms with E-state index in [0.29, 0.717) is 19.1 Å². The largest absolute Gasteiger partial charge is 0.338 e. The van der Waals surface area contributed by atoms with Crippen LogP contribution in [0.15, 0.2) is 18.2 Å². The summed E-state index contributed by atoms with van der Waals surface area (Å²) >= 11 is 5.69. The number of nitrogens with zero attached hydrogens (tertiary/aromatic N) is 1. The van der Waals surface area contributed by atoms with Crippen molar-refractivity contribution >= 4 is 29.9 Å². The lowest BCUT2D eigenvalue weighted by atomic mass is 10.0. The second-order valence-corrected chi connectivity index (χ2v) is 4.86. The molecule has 0 radical (unpaired) electrons. The van der Waals surface area contributed by atoms with Crippen LogP contribution in [0.3, 0.4) is 0 Å². The zero-order valence-electron chi connectivity index (χ0n) is 10.7. The summed E-state index contributed by atoms with van der Waals surface area (Å²) in [6, 6.07) is 4.96. The first kappa shape index (κ1) is 16.2. The topological polar surface area (TPSA) is 32.3 Å². The van der Waals surface area contributed by atoms with Crippen molar-refractivity contribution in [3.63, 3.8) is 0 Å². The minimum atomic E-state index is -0.625. The van der Waals surface area contributed by atoms with E-state index in [-0.39, 0.29) is 28.9 Å². The fraction of sp³-hybridized carbons (Fsp3) is 0.462. The Morgan fingerprint density at radius 2 is 2.05 bits per heavy atom. The molecule has 0 bridgehead atoms. The number of benzene rings is 1. The highest BCUT2D eigenvalue weighted by molar-refractivity contribution is 6.31. The van der Waals surface area contributed by atoms with Crippen molar-refractivity contribution in [3.8, 4) is 0 Å². The fourth-order valence-corrected chi connectivity index (χ4v) is 2.39. The van der Waals surface area contributed by atoms with Crippen LogP contribution >= 0.6 is 24.0 Å². The van der Waals surface area contributed by atoms with Crippen molar-refractivity contribution in [3.05, 3.63) is 34.6 Å². The van der Waals surface area contributed by atoms with Crippen LogP contribution in [-0.4, -0.2) is 37.0 Å². The molecule has 1 fully saturated rings. The molecule has 0 atom stereocenters. The van der Waals surface area contributed by atoms with Gasteiger partial charge in [-0.3, -0.25) is 4.79 Å². The van der Waals surface area contributed by atoms with Crippen molar-refractivity contribution in [1.29, 1.82) is 0 Å². The highest BCUT2D eigenvalue weighted by atomic mass is 35.5. The Bertz CT molecular complexity index is 448. The van der Waals surface area contributed by atoms with Crippen LogP contribution in [0.5, 0.6) is 0 Å². The lowest BCUT2D eigenvalue weighted by Crippen LogP contribution is -2.44. The van der Waals surface area contributed by atoms with E-state index in [0.717, 1.165) is 12.8 Å². The molecule has 2 rings (SSSR count). The second kappa shape index (κ2) is 7.08. The standard InChI is InChI=1S/C13H16ClFN2O.ClH/c1-16-9-5-7-17(8-6-9)13(18)10-3-2-4-11(14)12(10)15;/h2-4,9,16H,5-8H2,1H3;1H. The number of piperidine rings is 1. The summed E-state index contributed by atoms with van der Waals surface area (Å²) < 4.78 is 13.8. The number of hydrogen-bond acceptors (Lipinski definition) is 2. The molecule has 3 nitrogen and oxygen atoms in total. The third kappa shape index (κ3) is 3.59. The lowest BCUT2D eigenvalue weighted by molar-refractivity contribution is 0.0702. The van der Waals surface area contributed by atoms with Gasteiger partial charge in [0, 0.05) is 19.1 Å². The number of hydrogen-bond donors (Lipinski definition) is 1. The number of carbonyl (C=O) groups is 1. The van der Waals surface area contributed by atoms with Gasteiger partial charge in [-0.2, -0.15) is 0 Å². The van der Waals surface area contributed by atoms with Crippen molar-refractivity contribution in [2.75, 3.05) is 20.1 Å². The van der Waals surface area contributed by atoms with E-state index in [9.17, 15) is 9.18 Å². The van der Waals surface area contributed by atoms with Gasteiger partial charge < -0.3 is 10.2 Å². The van der Waals surface area contributed by atoms with Crippen LogP contribution in [0.2, 0.25) is 5.02 Å². The SMILES string of the molecule is CNC1CCN(C(=O)c2cccc(Cl)c2F)CC1.Cl. The van der Waals surface area contributed by atoms with E-state index in [4.69, 9.17) is 11.6 Å². The number of carbonyl (C=O) groups excluding carboxylic acids is 1. The Kier molecular flexibility index (Phi) is 6.04. The van der Waals surface area contributed by atoms with E-state index in [2.05, 4.69) is 5.32 Å². The molecule has 0 saturated carbocycles. The van der Waals surface area contributed by atoms with Crippen LogP contribution in [0, 0.1) is 5.82 Å². The number of nitrogens with one attached hydrogen (secondary N) is 1. The molecular weight excluding hydrogens is 290 g/mol. The first-order valence-electron chi connectivity index (χ1n) is 6.04. The van der Waals surface area contributed by atoms with Gasteiger partial charge in [0.25, 0.3) is 5.91 Å². The summed E-state index contributed by atoms with van der Waals surface area (Å²) in [6.07, 6.45) is 1.79. The number of amides is 1. The molecule has 6 heteroatoms. The highest BCUT2D eigenvalue weighted by Crippen LogP contribution is 2.21. The molecular formula is C13H17Cl2FN2O. The van der Waals surface area contributed by atoms with Gasteiger partial charge in [-0.05, 0) is 32.0 Å². The number of rotatable bonds is 2. The Morgan fingerprint density at radius 3 is 2.63 bits per heavy atom. The summed E-state index contributed by atoms with van der Waals surface area (Å²) in [7, 11) is 1.92. The molecule has 0 aromatic heterocycles. The smallest absolute Gasteiger partial charge is 0.256 e. The maximum atomic E-state index is 13.8. The van der Waals surface area contributed by atoms with Gasteiger partial charge in [0.1, 0.15) is 0 Å². The van der Waals surface area contributed by atoms with E-state index < -0.39 is 5.82 Å². The fourth-order valence-electron chi connectivity index (χ4n) is 2.21. The summed E-state index contributed by atoms with van der Waals surface area (Å²) in [5, 5.41) is 3.18. The van der Waals surface area contributed by atoms with Gasteiger partial charge in [-0.1, -0.05) is 17.7 Å². The van der Waals surface area contributed by atoms with Crippen LogP contribution < -0.4 is 5.32 Å². The molecule has 1 heterocycles. The third-order valence-electron chi connectivity index (χ3n) is 3.37. The predicted octanol–water partition coefficient (Wildman–Crippen LogP) is 2.72. The molecule has 106 valence electrons. The van der Waals surface area contributed by atoms with E-state index in [1.165, 1.54) is 12.1 Å². The maximum Gasteiger partial charge on any atom is 0.256 e. The third-order valence-corrected chi connectivity index (χ3v) is 3.66. The molecule has 0 spiro atoms. The van der Waals surface area contributed by atoms with Crippen LogP contribution in [0.1, 0.15) is 23.2 Å². The first-order valence-corrected chi connectivity index (χ1v) is 6.42. The van der Waals surface area contributed by atoms with Crippen LogP contribution in [-0.2, 0) is 0 Å². The van der Waals surface area contributed by atoms with E-state index >= 15 is 0 Å². The van der Waals surface area contributed by atoms with Gasteiger partial charge in [-0.15, -0.1) is 12.4 Å².